The molecule has 14 heavy (non-hydrogen) atoms. The Morgan fingerprint density at radius 3 is 2.86 bits per heavy atom. The third-order valence-electron chi connectivity index (χ3n) is 2.85. The quantitative estimate of drug-likeness (QED) is 0.504. The molecule has 0 N–H and O–H groups in total. The fourth-order valence-electron chi connectivity index (χ4n) is 2.09. The first kappa shape index (κ1) is 10.8. The van der Waals surface area contributed by atoms with Gasteiger partial charge in [0.15, 0.2) is 0 Å². The molecule has 1 fully saturated rings. The zero-order chi connectivity index (χ0) is 10.4. The lowest BCUT2D eigenvalue weighted by atomic mass is 9.98. The number of hydrogen-bond donors (Lipinski definition) is 0. The van der Waals surface area contributed by atoms with Gasteiger partial charge < -0.3 is 0 Å². The largest absolute Gasteiger partial charge is 0.235 e. The molecule has 0 aromatic rings. The van der Waals surface area contributed by atoms with Crippen LogP contribution >= 0.6 is 0 Å². The number of aliphatic imine (C=N–C) groups is 2. The van der Waals surface area contributed by atoms with E-state index in [9.17, 15) is 9.59 Å². The molecule has 2 unspecified atom stereocenters. The Morgan fingerprint density at radius 1 is 1.43 bits per heavy atom. The first-order chi connectivity index (χ1) is 6.70. The molecule has 0 saturated heterocycles. The molecule has 0 radical (unpaired) electrons. The Kier molecular flexibility index (Phi) is 3.75. The van der Waals surface area contributed by atoms with Crippen molar-refractivity contribution in [3.8, 4) is 0 Å². The minimum absolute atomic E-state index is 0.225. The van der Waals surface area contributed by atoms with E-state index in [1.165, 1.54) is 6.08 Å². The molecule has 0 heterocycles. The maximum Gasteiger partial charge on any atom is 0.235 e. The molecule has 1 aliphatic rings. The molecular formula is C10H14N2O2. The lowest BCUT2D eigenvalue weighted by Gasteiger charge is -2.15. The molecule has 2 atom stereocenters. The first-order valence-corrected chi connectivity index (χ1v) is 4.83. The minimum atomic E-state index is -0.225. The van der Waals surface area contributed by atoms with Crippen molar-refractivity contribution >= 4 is 12.2 Å². The van der Waals surface area contributed by atoms with E-state index in [1.807, 2.05) is 6.92 Å². The van der Waals surface area contributed by atoms with Gasteiger partial charge in [0.2, 0.25) is 12.2 Å². The van der Waals surface area contributed by atoms with Crippen LogP contribution in [0, 0.1) is 5.92 Å². The van der Waals surface area contributed by atoms with Gasteiger partial charge in [-0.25, -0.2) is 14.6 Å². The van der Waals surface area contributed by atoms with Crippen molar-refractivity contribution in [2.45, 2.75) is 38.1 Å². The molecule has 0 aliphatic heterocycles. The molecule has 0 aromatic heterocycles. The standard InChI is InChI=1S/C10H14N2O2/c1-10(12-8-14)4-2-9(6-10)3-5-11-7-13/h9H,2-6H2,1H3. The summed E-state index contributed by atoms with van der Waals surface area (Å²) in [7, 11) is 0. The third-order valence-corrected chi connectivity index (χ3v) is 2.85. The summed E-state index contributed by atoms with van der Waals surface area (Å²) in [6, 6.07) is 0. The summed E-state index contributed by atoms with van der Waals surface area (Å²) in [5, 5.41) is 0. The van der Waals surface area contributed by atoms with Crippen LogP contribution in [0.3, 0.4) is 0 Å². The van der Waals surface area contributed by atoms with Crippen LogP contribution < -0.4 is 0 Å². The number of isocyanates is 2. The summed E-state index contributed by atoms with van der Waals surface area (Å²) < 4.78 is 0. The van der Waals surface area contributed by atoms with Crippen LogP contribution in [0.25, 0.3) is 0 Å². The fourth-order valence-corrected chi connectivity index (χ4v) is 2.09. The molecular weight excluding hydrogens is 180 g/mol. The van der Waals surface area contributed by atoms with E-state index in [-0.39, 0.29) is 5.54 Å². The summed E-state index contributed by atoms with van der Waals surface area (Å²) in [6.45, 7) is 2.51. The van der Waals surface area contributed by atoms with Gasteiger partial charge in [0.1, 0.15) is 0 Å². The second-order valence-electron chi connectivity index (χ2n) is 4.07. The topological polar surface area (TPSA) is 58.9 Å². The summed E-state index contributed by atoms with van der Waals surface area (Å²) in [5.74, 6) is 0.522. The van der Waals surface area contributed by atoms with Crippen molar-refractivity contribution in [1.29, 1.82) is 0 Å². The average Bonchev–Trinajstić information content (AvgIpc) is 2.49. The zero-order valence-corrected chi connectivity index (χ0v) is 8.32. The Morgan fingerprint density at radius 2 is 2.21 bits per heavy atom. The molecule has 4 heteroatoms. The predicted molar refractivity (Wildman–Crippen MR) is 51.5 cm³/mol. The lowest BCUT2D eigenvalue weighted by Crippen LogP contribution is -2.16. The molecule has 76 valence electrons. The smallest absolute Gasteiger partial charge is 0.211 e. The highest BCUT2D eigenvalue weighted by Crippen LogP contribution is 2.38. The monoisotopic (exact) mass is 194 g/mol. The zero-order valence-electron chi connectivity index (χ0n) is 8.32. The van der Waals surface area contributed by atoms with Crippen LogP contribution in [0.5, 0.6) is 0 Å². The van der Waals surface area contributed by atoms with Gasteiger partial charge in [-0.05, 0) is 38.5 Å². The Labute approximate surface area is 83.1 Å². The van der Waals surface area contributed by atoms with Crippen molar-refractivity contribution in [2.75, 3.05) is 6.54 Å². The maximum atomic E-state index is 10.2. The van der Waals surface area contributed by atoms with Gasteiger partial charge in [-0.2, -0.15) is 4.99 Å². The molecule has 0 bridgehead atoms. The van der Waals surface area contributed by atoms with E-state index < -0.39 is 0 Å². The minimum Gasteiger partial charge on any atom is -0.211 e. The van der Waals surface area contributed by atoms with E-state index in [4.69, 9.17) is 0 Å². The molecule has 0 amide bonds. The summed E-state index contributed by atoms with van der Waals surface area (Å²) in [6.07, 6.45) is 6.92. The van der Waals surface area contributed by atoms with Gasteiger partial charge in [0, 0.05) is 0 Å². The van der Waals surface area contributed by atoms with Crippen molar-refractivity contribution in [3.05, 3.63) is 0 Å². The lowest BCUT2D eigenvalue weighted by molar-refractivity contribution is 0.435. The molecule has 1 saturated carbocycles. The van der Waals surface area contributed by atoms with E-state index in [0.29, 0.717) is 12.5 Å². The summed E-state index contributed by atoms with van der Waals surface area (Å²) >= 11 is 0. The van der Waals surface area contributed by atoms with E-state index in [1.54, 1.807) is 6.08 Å². The predicted octanol–water partition coefficient (Wildman–Crippen LogP) is 1.61. The molecule has 1 rings (SSSR count). The SMILES string of the molecule is CC1(N=C=O)CCC(CCN=C=O)C1. The average molecular weight is 194 g/mol. The number of nitrogens with zero attached hydrogens (tertiary/aromatic N) is 2. The maximum absolute atomic E-state index is 10.2. The summed E-state index contributed by atoms with van der Waals surface area (Å²) in [5.41, 5.74) is -0.225. The van der Waals surface area contributed by atoms with Crippen molar-refractivity contribution < 1.29 is 9.59 Å². The highest BCUT2D eigenvalue weighted by molar-refractivity contribution is 5.35. The molecule has 1 aliphatic carbocycles. The molecule has 0 spiro atoms. The van der Waals surface area contributed by atoms with Gasteiger partial charge in [0.25, 0.3) is 0 Å². The van der Waals surface area contributed by atoms with E-state index in [0.717, 1.165) is 25.7 Å². The van der Waals surface area contributed by atoms with Gasteiger partial charge in [-0.15, -0.1) is 0 Å². The van der Waals surface area contributed by atoms with Gasteiger partial charge >= 0.3 is 0 Å². The van der Waals surface area contributed by atoms with Crippen LogP contribution in [-0.2, 0) is 9.59 Å². The van der Waals surface area contributed by atoms with E-state index >= 15 is 0 Å². The van der Waals surface area contributed by atoms with Gasteiger partial charge in [0.05, 0.1) is 12.1 Å². The number of rotatable bonds is 4. The van der Waals surface area contributed by atoms with Gasteiger partial charge in [-0.3, -0.25) is 0 Å². The molecule has 4 nitrogen and oxygen atoms in total. The van der Waals surface area contributed by atoms with Gasteiger partial charge in [-0.1, -0.05) is 0 Å². The third kappa shape index (κ3) is 2.91. The second kappa shape index (κ2) is 4.85. The van der Waals surface area contributed by atoms with Crippen molar-refractivity contribution in [3.63, 3.8) is 0 Å². The molecule has 0 aromatic carbocycles. The van der Waals surface area contributed by atoms with Crippen LogP contribution in [0.1, 0.15) is 32.6 Å². The number of carbonyl (C=O) groups excluding carboxylic acids is 2. The van der Waals surface area contributed by atoms with Crippen molar-refractivity contribution in [1.82, 2.24) is 0 Å². The Balaban J connectivity index is 2.40. The Bertz CT molecular complexity index is 290. The number of hydrogen-bond acceptors (Lipinski definition) is 4. The van der Waals surface area contributed by atoms with Crippen LogP contribution in [0.15, 0.2) is 9.98 Å². The second-order valence-corrected chi connectivity index (χ2v) is 4.07. The Hall–Kier alpha value is -1.24. The fraction of sp³-hybridized carbons (Fsp3) is 0.800. The summed E-state index contributed by atoms with van der Waals surface area (Å²) in [4.78, 5) is 27.4. The first-order valence-electron chi connectivity index (χ1n) is 4.83. The van der Waals surface area contributed by atoms with Crippen LogP contribution in [0.4, 0.5) is 0 Å². The van der Waals surface area contributed by atoms with Crippen molar-refractivity contribution in [2.24, 2.45) is 15.9 Å². The van der Waals surface area contributed by atoms with Crippen LogP contribution in [-0.4, -0.2) is 24.2 Å². The highest BCUT2D eigenvalue weighted by Gasteiger charge is 2.34. The normalized spacial score (nSPS) is 30.5. The highest BCUT2D eigenvalue weighted by atomic mass is 16.1. The van der Waals surface area contributed by atoms with Crippen LogP contribution in [0.2, 0.25) is 0 Å². The van der Waals surface area contributed by atoms with E-state index in [2.05, 4.69) is 9.98 Å².